The Kier molecular flexibility index (Phi) is 5.57. The lowest BCUT2D eigenvalue weighted by Gasteiger charge is -2.32. The van der Waals surface area contributed by atoms with E-state index in [1.165, 1.54) is 17.9 Å². The molecular formula is C20H26BF2N3O3. The summed E-state index contributed by atoms with van der Waals surface area (Å²) in [7, 11) is 1.03. The standard InChI is InChI=1S/C20H26BF2N3O3/c1-12-9-14(21-28-19(2,3)20(4,5)29-21)8-7-13(12)10-24-18(27)15-11-26(6)25-16(15)17(22)23/h7-9,11,17H,10H2,1-6H3,(H,24,27). The van der Waals surface area contributed by atoms with Crippen LogP contribution in [-0.2, 0) is 22.9 Å². The van der Waals surface area contributed by atoms with Crippen LogP contribution in [0.3, 0.4) is 0 Å². The van der Waals surface area contributed by atoms with E-state index in [1.807, 2.05) is 52.8 Å². The molecule has 1 aromatic carbocycles. The molecule has 6 nitrogen and oxygen atoms in total. The van der Waals surface area contributed by atoms with E-state index >= 15 is 0 Å². The van der Waals surface area contributed by atoms with Gasteiger partial charge in [0.1, 0.15) is 5.69 Å². The van der Waals surface area contributed by atoms with Gasteiger partial charge in [0.2, 0.25) is 0 Å². The van der Waals surface area contributed by atoms with Gasteiger partial charge >= 0.3 is 7.12 Å². The highest BCUT2D eigenvalue weighted by molar-refractivity contribution is 6.62. The molecule has 29 heavy (non-hydrogen) atoms. The average molecular weight is 405 g/mol. The van der Waals surface area contributed by atoms with Gasteiger partial charge in [0.05, 0.1) is 16.8 Å². The van der Waals surface area contributed by atoms with Crippen molar-refractivity contribution in [2.75, 3.05) is 0 Å². The summed E-state index contributed by atoms with van der Waals surface area (Å²) < 4.78 is 39.4. The van der Waals surface area contributed by atoms with Gasteiger partial charge in [-0.25, -0.2) is 8.78 Å². The van der Waals surface area contributed by atoms with Crippen molar-refractivity contribution < 1.29 is 22.9 Å². The van der Waals surface area contributed by atoms with Crippen LogP contribution in [0.25, 0.3) is 0 Å². The monoisotopic (exact) mass is 405 g/mol. The Bertz CT molecular complexity index is 912. The number of carbonyl (C=O) groups excluding carboxylic acids is 1. The summed E-state index contributed by atoms with van der Waals surface area (Å²) in [6.07, 6.45) is -1.51. The van der Waals surface area contributed by atoms with Crippen molar-refractivity contribution in [1.82, 2.24) is 15.1 Å². The summed E-state index contributed by atoms with van der Waals surface area (Å²) in [5.74, 6) is -0.581. The zero-order chi connectivity index (χ0) is 21.6. The van der Waals surface area contributed by atoms with E-state index in [2.05, 4.69) is 10.4 Å². The molecule has 0 atom stereocenters. The molecular weight excluding hydrogens is 379 g/mol. The fourth-order valence-corrected chi connectivity index (χ4v) is 3.16. The molecule has 2 heterocycles. The molecule has 3 rings (SSSR count). The number of rotatable bonds is 5. The lowest BCUT2D eigenvalue weighted by molar-refractivity contribution is 0.00578. The van der Waals surface area contributed by atoms with E-state index in [4.69, 9.17) is 9.31 Å². The van der Waals surface area contributed by atoms with E-state index in [1.54, 1.807) is 0 Å². The van der Waals surface area contributed by atoms with Crippen LogP contribution < -0.4 is 10.8 Å². The second-order valence-corrected chi connectivity index (χ2v) is 8.36. The van der Waals surface area contributed by atoms with Crippen LogP contribution >= 0.6 is 0 Å². The van der Waals surface area contributed by atoms with Crippen LogP contribution in [0.2, 0.25) is 0 Å². The molecule has 0 saturated carbocycles. The molecule has 1 aliphatic heterocycles. The highest BCUT2D eigenvalue weighted by Gasteiger charge is 2.51. The number of nitrogens with zero attached hydrogens (tertiary/aromatic N) is 2. The lowest BCUT2D eigenvalue weighted by Crippen LogP contribution is -2.41. The molecule has 0 unspecified atom stereocenters. The Morgan fingerprint density at radius 3 is 2.41 bits per heavy atom. The molecule has 1 amide bonds. The zero-order valence-electron chi connectivity index (χ0n) is 17.5. The highest BCUT2D eigenvalue weighted by atomic mass is 19.3. The second-order valence-electron chi connectivity index (χ2n) is 8.36. The van der Waals surface area contributed by atoms with Crippen molar-refractivity contribution in [3.63, 3.8) is 0 Å². The Balaban J connectivity index is 1.70. The molecule has 1 N–H and O–H groups in total. The molecule has 2 aromatic rings. The van der Waals surface area contributed by atoms with Gasteiger partial charge in [0, 0.05) is 19.8 Å². The quantitative estimate of drug-likeness (QED) is 0.778. The fraction of sp³-hybridized carbons (Fsp3) is 0.500. The number of amides is 1. The summed E-state index contributed by atoms with van der Waals surface area (Å²) in [6, 6.07) is 5.73. The third-order valence-electron chi connectivity index (χ3n) is 5.64. The smallest absolute Gasteiger partial charge is 0.399 e. The first-order chi connectivity index (χ1) is 13.4. The van der Waals surface area contributed by atoms with Gasteiger partial charge in [-0.05, 0) is 51.2 Å². The molecule has 0 radical (unpaired) electrons. The Morgan fingerprint density at radius 2 is 1.86 bits per heavy atom. The largest absolute Gasteiger partial charge is 0.494 e. The first-order valence-corrected chi connectivity index (χ1v) is 9.46. The molecule has 0 spiro atoms. The summed E-state index contributed by atoms with van der Waals surface area (Å²) in [6.45, 7) is 10.1. The molecule has 1 aliphatic rings. The van der Waals surface area contributed by atoms with Crippen LogP contribution in [0.15, 0.2) is 24.4 Å². The second kappa shape index (κ2) is 7.53. The first-order valence-electron chi connectivity index (χ1n) is 9.46. The maximum Gasteiger partial charge on any atom is 0.494 e. The molecule has 0 aliphatic carbocycles. The number of aryl methyl sites for hydroxylation is 2. The minimum absolute atomic E-state index is 0.117. The maximum absolute atomic E-state index is 13.1. The molecule has 1 saturated heterocycles. The van der Waals surface area contributed by atoms with Crippen molar-refractivity contribution >= 4 is 18.5 Å². The van der Waals surface area contributed by atoms with Gasteiger partial charge in [-0.3, -0.25) is 9.48 Å². The zero-order valence-corrected chi connectivity index (χ0v) is 17.5. The Labute approximate surface area is 169 Å². The molecule has 156 valence electrons. The topological polar surface area (TPSA) is 65.4 Å². The number of halogens is 2. The van der Waals surface area contributed by atoms with Crippen LogP contribution in [0.1, 0.15) is 61.3 Å². The molecule has 0 bridgehead atoms. The number of hydrogen-bond acceptors (Lipinski definition) is 4. The number of alkyl halides is 2. The van der Waals surface area contributed by atoms with Gasteiger partial charge in [0.15, 0.2) is 0 Å². The predicted octanol–water partition coefficient (Wildman–Crippen LogP) is 2.90. The highest BCUT2D eigenvalue weighted by Crippen LogP contribution is 2.36. The Morgan fingerprint density at radius 1 is 1.24 bits per heavy atom. The normalized spacial score (nSPS) is 17.8. The van der Waals surface area contributed by atoms with Crippen molar-refractivity contribution in [3.8, 4) is 0 Å². The molecule has 1 fully saturated rings. The molecule has 1 aromatic heterocycles. The van der Waals surface area contributed by atoms with Gasteiger partial charge in [0.25, 0.3) is 12.3 Å². The van der Waals surface area contributed by atoms with Crippen molar-refractivity contribution in [1.29, 1.82) is 0 Å². The fourth-order valence-electron chi connectivity index (χ4n) is 3.16. The van der Waals surface area contributed by atoms with Gasteiger partial charge in [-0.15, -0.1) is 0 Å². The maximum atomic E-state index is 13.1. The van der Waals surface area contributed by atoms with E-state index in [9.17, 15) is 13.6 Å². The van der Waals surface area contributed by atoms with Crippen LogP contribution in [0, 0.1) is 6.92 Å². The minimum Gasteiger partial charge on any atom is -0.399 e. The summed E-state index contributed by atoms with van der Waals surface area (Å²) >= 11 is 0. The van der Waals surface area contributed by atoms with Gasteiger partial charge in [-0.2, -0.15) is 5.10 Å². The first kappa shape index (κ1) is 21.5. The predicted molar refractivity (Wildman–Crippen MR) is 106 cm³/mol. The Hall–Kier alpha value is -2.26. The SMILES string of the molecule is Cc1cc(B2OC(C)(C)C(C)(C)O2)ccc1CNC(=O)c1cn(C)nc1C(F)F. The number of aromatic nitrogens is 2. The summed E-state index contributed by atoms with van der Waals surface area (Å²) in [5, 5.41) is 6.35. The van der Waals surface area contributed by atoms with E-state index in [0.717, 1.165) is 16.6 Å². The average Bonchev–Trinajstić information content (AvgIpc) is 3.10. The third-order valence-corrected chi connectivity index (χ3v) is 5.64. The number of nitrogens with one attached hydrogen (secondary N) is 1. The van der Waals surface area contributed by atoms with E-state index in [0.29, 0.717) is 0 Å². The summed E-state index contributed by atoms with van der Waals surface area (Å²) in [5.41, 5.74) is 1.23. The van der Waals surface area contributed by atoms with Crippen LogP contribution in [0.4, 0.5) is 8.78 Å². The van der Waals surface area contributed by atoms with Gasteiger partial charge in [-0.1, -0.05) is 18.2 Å². The number of carbonyl (C=O) groups is 1. The minimum atomic E-state index is -2.81. The van der Waals surface area contributed by atoms with Crippen molar-refractivity contribution in [3.05, 3.63) is 46.8 Å². The van der Waals surface area contributed by atoms with Crippen LogP contribution in [0.5, 0.6) is 0 Å². The third kappa shape index (κ3) is 4.21. The van der Waals surface area contributed by atoms with Crippen molar-refractivity contribution in [2.45, 2.75) is 58.8 Å². The number of hydrogen-bond donors (Lipinski definition) is 1. The van der Waals surface area contributed by atoms with E-state index < -0.39 is 36.3 Å². The van der Waals surface area contributed by atoms with E-state index in [-0.39, 0.29) is 12.1 Å². The number of benzene rings is 1. The summed E-state index contributed by atoms with van der Waals surface area (Å²) in [4.78, 5) is 12.3. The van der Waals surface area contributed by atoms with Gasteiger partial charge < -0.3 is 14.6 Å². The lowest BCUT2D eigenvalue weighted by atomic mass is 9.78. The van der Waals surface area contributed by atoms with Crippen LogP contribution in [-0.4, -0.2) is 34.0 Å². The van der Waals surface area contributed by atoms with Crippen molar-refractivity contribution in [2.24, 2.45) is 7.05 Å². The molecule has 9 heteroatoms.